The molecule has 0 aromatic rings. The third kappa shape index (κ3) is 4.71. The van der Waals surface area contributed by atoms with Crippen molar-refractivity contribution in [3.05, 3.63) is 11.1 Å². The van der Waals surface area contributed by atoms with Gasteiger partial charge in [-0.15, -0.1) is 0 Å². The number of aliphatic hydroxyl groups excluding tert-OH is 1. The summed E-state index contributed by atoms with van der Waals surface area (Å²) in [5.41, 5.74) is 0.467. The predicted octanol–water partition coefficient (Wildman–Crippen LogP) is 1.08. The Bertz CT molecular complexity index is 338. The van der Waals surface area contributed by atoms with Crippen molar-refractivity contribution in [1.29, 1.82) is 5.26 Å². The molecule has 0 atom stereocenters. The molecule has 5 heteroatoms. The molecule has 16 heavy (non-hydrogen) atoms. The van der Waals surface area contributed by atoms with Crippen LogP contribution in [0.3, 0.4) is 0 Å². The second-order valence-electron chi connectivity index (χ2n) is 3.15. The van der Waals surface area contributed by atoms with Crippen LogP contribution in [-0.2, 0) is 14.3 Å². The highest BCUT2D eigenvalue weighted by Gasteiger charge is 2.17. The van der Waals surface area contributed by atoms with Gasteiger partial charge in [0.15, 0.2) is 0 Å². The number of esters is 2. The summed E-state index contributed by atoms with van der Waals surface area (Å²) in [7, 11) is 0. The van der Waals surface area contributed by atoms with Crippen molar-refractivity contribution in [3.8, 4) is 6.07 Å². The molecule has 0 fully saturated rings. The SMILES string of the molecule is CCC(CCCO)=C(C#N)C(=O)OC(C)=O. The van der Waals surface area contributed by atoms with Gasteiger partial charge in [-0.05, 0) is 24.8 Å². The zero-order valence-electron chi connectivity index (χ0n) is 9.45. The van der Waals surface area contributed by atoms with Crippen LogP contribution in [0.1, 0.15) is 33.1 Å². The van der Waals surface area contributed by atoms with Crippen LogP contribution in [0.2, 0.25) is 0 Å². The first-order valence-corrected chi connectivity index (χ1v) is 5.02. The molecule has 0 aromatic carbocycles. The summed E-state index contributed by atoms with van der Waals surface area (Å²) in [5.74, 6) is -1.65. The van der Waals surface area contributed by atoms with Gasteiger partial charge in [-0.1, -0.05) is 6.92 Å². The lowest BCUT2D eigenvalue weighted by Gasteiger charge is -2.06. The minimum absolute atomic E-state index is 0.00996. The molecule has 0 saturated carbocycles. The number of ether oxygens (including phenoxy) is 1. The molecular weight excluding hydrogens is 210 g/mol. The Labute approximate surface area is 94.3 Å². The van der Waals surface area contributed by atoms with Gasteiger partial charge >= 0.3 is 11.9 Å². The molecule has 5 nitrogen and oxygen atoms in total. The van der Waals surface area contributed by atoms with Crippen molar-refractivity contribution in [2.24, 2.45) is 0 Å². The van der Waals surface area contributed by atoms with Gasteiger partial charge in [-0.25, -0.2) is 4.79 Å². The molecule has 0 aromatic heterocycles. The number of hydrogen-bond donors (Lipinski definition) is 1. The van der Waals surface area contributed by atoms with E-state index < -0.39 is 11.9 Å². The first kappa shape index (κ1) is 14.3. The number of allylic oxidation sites excluding steroid dienone is 1. The van der Waals surface area contributed by atoms with Crippen LogP contribution in [0.4, 0.5) is 0 Å². The topological polar surface area (TPSA) is 87.4 Å². The lowest BCUT2D eigenvalue weighted by molar-refractivity contribution is -0.154. The molecule has 0 unspecified atom stereocenters. The number of nitriles is 1. The van der Waals surface area contributed by atoms with E-state index in [1.54, 1.807) is 13.0 Å². The largest absolute Gasteiger partial charge is 0.396 e. The highest BCUT2D eigenvalue weighted by atomic mass is 16.6. The van der Waals surface area contributed by atoms with E-state index in [0.717, 1.165) is 6.92 Å². The van der Waals surface area contributed by atoms with Crippen LogP contribution in [0, 0.1) is 11.3 Å². The fourth-order valence-electron chi connectivity index (χ4n) is 1.22. The average Bonchev–Trinajstić information content (AvgIpc) is 2.22. The molecule has 0 radical (unpaired) electrons. The molecule has 0 spiro atoms. The predicted molar refractivity (Wildman–Crippen MR) is 56.0 cm³/mol. The molecule has 0 aliphatic carbocycles. The van der Waals surface area contributed by atoms with Crippen molar-refractivity contribution >= 4 is 11.9 Å². The number of rotatable bonds is 5. The molecule has 0 amide bonds. The second-order valence-corrected chi connectivity index (χ2v) is 3.15. The van der Waals surface area contributed by atoms with Crippen LogP contribution >= 0.6 is 0 Å². The molecule has 0 aliphatic heterocycles. The Kier molecular flexibility index (Phi) is 6.81. The Morgan fingerprint density at radius 1 is 1.44 bits per heavy atom. The summed E-state index contributed by atoms with van der Waals surface area (Å²) in [6, 6.07) is 1.74. The van der Waals surface area contributed by atoms with Gasteiger partial charge in [0.2, 0.25) is 0 Å². The van der Waals surface area contributed by atoms with E-state index in [2.05, 4.69) is 4.74 Å². The van der Waals surface area contributed by atoms with Crippen molar-refractivity contribution in [1.82, 2.24) is 0 Å². The first-order chi connectivity index (χ1) is 7.56. The van der Waals surface area contributed by atoms with E-state index in [-0.39, 0.29) is 12.2 Å². The standard InChI is InChI=1S/C11H15NO4/c1-3-9(5-4-6-13)10(7-12)11(15)16-8(2)14/h13H,3-6H2,1-2H3. The van der Waals surface area contributed by atoms with E-state index in [9.17, 15) is 9.59 Å². The van der Waals surface area contributed by atoms with Crippen LogP contribution < -0.4 is 0 Å². The lowest BCUT2D eigenvalue weighted by Crippen LogP contribution is -2.12. The average molecular weight is 225 g/mol. The van der Waals surface area contributed by atoms with Crippen molar-refractivity contribution in [2.75, 3.05) is 6.61 Å². The zero-order chi connectivity index (χ0) is 12.6. The quantitative estimate of drug-likeness (QED) is 0.327. The normalized spacial score (nSPS) is 11.4. The molecule has 1 N–H and O–H groups in total. The number of carbonyl (C=O) groups is 2. The van der Waals surface area contributed by atoms with Gasteiger partial charge in [0, 0.05) is 13.5 Å². The van der Waals surface area contributed by atoms with E-state index in [4.69, 9.17) is 10.4 Å². The third-order valence-corrected chi connectivity index (χ3v) is 1.97. The monoisotopic (exact) mass is 225 g/mol. The molecular formula is C11H15NO4. The molecule has 0 aliphatic rings. The van der Waals surface area contributed by atoms with Crippen LogP contribution in [-0.4, -0.2) is 23.7 Å². The highest BCUT2D eigenvalue weighted by Crippen LogP contribution is 2.16. The molecule has 0 heterocycles. The van der Waals surface area contributed by atoms with Gasteiger partial charge in [0.1, 0.15) is 11.6 Å². The fraction of sp³-hybridized carbons (Fsp3) is 0.545. The first-order valence-electron chi connectivity index (χ1n) is 5.02. The zero-order valence-corrected chi connectivity index (χ0v) is 9.45. The summed E-state index contributed by atoms with van der Waals surface area (Å²) in [4.78, 5) is 21.9. The van der Waals surface area contributed by atoms with E-state index in [1.807, 2.05) is 0 Å². The van der Waals surface area contributed by atoms with E-state index >= 15 is 0 Å². The smallest absolute Gasteiger partial charge is 0.356 e. The summed E-state index contributed by atoms with van der Waals surface area (Å²) in [5, 5.41) is 17.5. The summed E-state index contributed by atoms with van der Waals surface area (Å²) >= 11 is 0. The van der Waals surface area contributed by atoms with Crippen LogP contribution in [0.5, 0.6) is 0 Å². The van der Waals surface area contributed by atoms with Gasteiger partial charge in [-0.3, -0.25) is 4.79 Å². The highest BCUT2D eigenvalue weighted by molar-refractivity contribution is 5.99. The maximum absolute atomic E-state index is 11.4. The van der Waals surface area contributed by atoms with E-state index in [0.29, 0.717) is 24.8 Å². The van der Waals surface area contributed by atoms with Gasteiger partial charge < -0.3 is 9.84 Å². The van der Waals surface area contributed by atoms with Gasteiger partial charge in [0.05, 0.1) is 0 Å². The molecule has 88 valence electrons. The molecule has 0 rings (SSSR count). The van der Waals surface area contributed by atoms with E-state index in [1.165, 1.54) is 0 Å². The second kappa shape index (κ2) is 7.60. The number of aliphatic hydroxyl groups is 1. The summed E-state index contributed by atoms with van der Waals surface area (Å²) in [6.45, 7) is 2.89. The summed E-state index contributed by atoms with van der Waals surface area (Å²) in [6.07, 6.45) is 1.43. The number of carbonyl (C=O) groups excluding carboxylic acids is 2. The Morgan fingerprint density at radius 3 is 2.44 bits per heavy atom. The molecule has 0 bridgehead atoms. The maximum atomic E-state index is 11.4. The third-order valence-electron chi connectivity index (χ3n) is 1.97. The fourth-order valence-corrected chi connectivity index (χ4v) is 1.22. The Morgan fingerprint density at radius 2 is 2.06 bits per heavy atom. The maximum Gasteiger partial charge on any atom is 0.356 e. The van der Waals surface area contributed by atoms with Crippen molar-refractivity contribution in [3.63, 3.8) is 0 Å². The van der Waals surface area contributed by atoms with Crippen LogP contribution in [0.15, 0.2) is 11.1 Å². The van der Waals surface area contributed by atoms with Crippen molar-refractivity contribution < 1.29 is 19.4 Å². The van der Waals surface area contributed by atoms with Crippen molar-refractivity contribution in [2.45, 2.75) is 33.1 Å². The van der Waals surface area contributed by atoms with Gasteiger partial charge in [0.25, 0.3) is 0 Å². The van der Waals surface area contributed by atoms with Gasteiger partial charge in [-0.2, -0.15) is 5.26 Å². The van der Waals surface area contributed by atoms with Crippen LogP contribution in [0.25, 0.3) is 0 Å². The minimum Gasteiger partial charge on any atom is -0.396 e. The number of nitrogens with zero attached hydrogens (tertiary/aromatic N) is 1. The molecule has 0 saturated heterocycles. The lowest BCUT2D eigenvalue weighted by atomic mass is 10.0. The summed E-state index contributed by atoms with van der Waals surface area (Å²) < 4.78 is 4.35. The Balaban J connectivity index is 4.89. The minimum atomic E-state index is -0.912. The number of hydrogen-bond acceptors (Lipinski definition) is 5. The Hall–Kier alpha value is -1.67.